The van der Waals surface area contributed by atoms with Crippen LogP contribution in [0, 0.1) is 28.6 Å². The molecule has 0 aliphatic heterocycles. The second-order valence-electron chi connectivity index (χ2n) is 10.7. The predicted molar refractivity (Wildman–Crippen MR) is 164 cm³/mol. The fourth-order valence-electron chi connectivity index (χ4n) is 5.26. The molecule has 3 aromatic rings. The first-order chi connectivity index (χ1) is 20.7. The molecule has 12 heteroatoms. The van der Waals surface area contributed by atoms with Crippen molar-refractivity contribution in [3.05, 3.63) is 65.1 Å². The van der Waals surface area contributed by atoms with Crippen LogP contribution in [0.2, 0.25) is 0 Å². The number of hydrogen-bond donors (Lipinski definition) is 0. The molecule has 2 heterocycles. The number of ether oxygens (including phenoxy) is 2. The largest absolute Gasteiger partial charge is 0.489 e. The van der Waals surface area contributed by atoms with Crippen molar-refractivity contribution in [1.29, 1.82) is 10.5 Å². The summed E-state index contributed by atoms with van der Waals surface area (Å²) in [5, 5.41) is 19.1. The summed E-state index contributed by atoms with van der Waals surface area (Å²) in [5.74, 6) is 1.74. The highest BCUT2D eigenvalue weighted by molar-refractivity contribution is 7.90. The van der Waals surface area contributed by atoms with Crippen molar-refractivity contribution < 1.29 is 17.9 Å². The molecule has 0 saturated heterocycles. The van der Waals surface area contributed by atoms with Gasteiger partial charge in [-0.25, -0.2) is 23.4 Å². The van der Waals surface area contributed by atoms with Gasteiger partial charge >= 0.3 is 0 Å². The van der Waals surface area contributed by atoms with E-state index in [0.29, 0.717) is 47.7 Å². The lowest BCUT2D eigenvalue weighted by molar-refractivity contribution is 0.338. The van der Waals surface area contributed by atoms with Crippen molar-refractivity contribution in [1.82, 2.24) is 15.0 Å². The number of rotatable bonds is 14. The molecule has 1 fully saturated rings. The van der Waals surface area contributed by atoms with Crippen LogP contribution in [0.1, 0.15) is 55.0 Å². The maximum absolute atomic E-state index is 11.5. The minimum atomic E-state index is -3.16. The molecule has 226 valence electrons. The number of pyridine rings is 1. The van der Waals surface area contributed by atoms with Gasteiger partial charge in [0, 0.05) is 32.0 Å². The summed E-state index contributed by atoms with van der Waals surface area (Å²) in [5.41, 5.74) is 3.31. The van der Waals surface area contributed by atoms with Gasteiger partial charge in [0.25, 0.3) is 0 Å². The number of sulfone groups is 1. The van der Waals surface area contributed by atoms with Gasteiger partial charge in [0.1, 0.15) is 6.61 Å². The fourth-order valence-corrected chi connectivity index (χ4v) is 5.65. The Morgan fingerprint density at radius 3 is 2.26 bits per heavy atom. The highest BCUT2D eigenvalue weighted by atomic mass is 32.2. The van der Waals surface area contributed by atoms with E-state index < -0.39 is 9.84 Å². The van der Waals surface area contributed by atoms with Crippen molar-refractivity contribution in [2.24, 2.45) is 5.92 Å². The minimum Gasteiger partial charge on any atom is -0.489 e. The van der Waals surface area contributed by atoms with Gasteiger partial charge in [0.2, 0.25) is 11.8 Å². The predicted octanol–water partition coefficient (Wildman–Crippen LogP) is 4.27. The molecule has 0 amide bonds. The van der Waals surface area contributed by atoms with E-state index >= 15 is 0 Å². The summed E-state index contributed by atoms with van der Waals surface area (Å²) in [7, 11) is -1.58. The number of hydrogen-bond acceptors (Lipinski definition) is 11. The van der Waals surface area contributed by atoms with Gasteiger partial charge in [0.05, 0.1) is 66.4 Å². The van der Waals surface area contributed by atoms with Crippen LogP contribution in [0.15, 0.2) is 42.7 Å². The Bertz CT molecular complexity index is 1540. The number of benzene rings is 1. The average molecular weight is 604 g/mol. The maximum Gasteiger partial charge on any atom is 0.226 e. The van der Waals surface area contributed by atoms with E-state index in [0.717, 1.165) is 36.3 Å². The van der Waals surface area contributed by atoms with E-state index in [1.807, 2.05) is 17.0 Å². The van der Waals surface area contributed by atoms with E-state index in [-0.39, 0.29) is 12.4 Å². The summed E-state index contributed by atoms with van der Waals surface area (Å²) in [6, 6.07) is 13.2. The SMILES string of the molecule is CCN(CC1CCCC1)c1ccc(OC)nc1CN(Cc1cc(C#N)cc(C#N)c1)c1ncc(OCCS(C)(=O)=O)cn1. The molecular formula is C31H37N7O4S. The second-order valence-corrected chi connectivity index (χ2v) is 13.0. The van der Waals surface area contributed by atoms with E-state index in [1.54, 1.807) is 25.3 Å². The quantitative estimate of drug-likeness (QED) is 0.260. The fraction of sp³-hybridized carbons (Fsp3) is 0.452. The molecule has 0 atom stereocenters. The first-order valence-corrected chi connectivity index (χ1v) is 16.4. The molecule has 4 rings (SSSR count). The number of methoxy groups -OCH3 is 1. The molecule has 0 spiro atoms. The Labute approximate surface area is 253 Å². The van der Waals surface area contributed by atoms with E-state index in [4.69, 9.17) is 14.5 Å². The molecule has 43 heavy (non-hydrogen) atoms. The molecule has 1 aliphatic rings. The van der Waals surface area contributed by atoms with Gasteiger partial charge in [-0.15, -0.1) is 0 Å². The Morgan fingerprint density at radius 2 is 1.67 bits per heavy atom. The van der Waals surface area contributed by atoms with E-state index in [9.17, 15) is 18.9 Å². The molecule has 0 bridgehead atoms. The second kappa shape index (κ2) is 14.7. The van der Waals surface area contributed by atoms with Crippen LogP contribution in [0.25, 0.3) is 0 Å². The summed E-state index contributed by atoms with van der Waals surface area (Å²) < 4.78 is 34.0. The standard InChI is InChI=1S/C31H37N7O4S/c1-4-37(20-23-7-5-6-8-23)29-9-10-30(41-2)36-28(29)22-38(21-26-14-24(16-32)13-25(15-26)17-33)31-34-18-27(19-35-31)42-11-12-43(3,39)40/h9-10,13-15,18-19,23H,4-8,11-12,20-22H2,1-3H3. The van der Waals surface area contributed by atoms with Gasteiger partial charge in [-0.1, -0.05) is 12.8 Å². The molecule has 2 aromatic heterocycles. The van der Waals surface area contributed by atoms with Gasteiger partial charge in [-0.2, -0.15) is 10.5 Å². The monoisotopic (exact) mass is 603 g/mol. The zero-order chi connectivity index (χ0) is 30.8. The first-order valence-electron chi connectivity index (χ1n) is 14.3. The summed E-state index contributed by atoms with van der Waals surface area (Å²) in [6.45, 7) is 4.52. The van der Waals surface area contributed by atoms with Crippen molar-refractivity contribution in [2.45, 2.75) is 45.7 Å². The van der Waals surface area contributed by atoms with Gasteiger partial charge in [0.15, 0.2) is 15.6 Å². The molecule has 1 saturated carbocycles. The Balaban J connectivity index is 1.68. The van der Waals surface area contributed by atoms with Crippen molar-refractivity contribution >= 4 is 21.5 Å². The third-order valence-corrected chi connectivity index (χ3v) is 8.30. The lowest BCUT2D eigenvalue weighted by Gasteiger charge is -2.30. The zero-order valence-electron chi connectivity index (χ0n) is 24.9. The van der Waals surface area contributed by atoms with Crippen molar-refractivity contribution in [3.8, 4) is 23.8 Å². The van der Waals surface area contributed by atoms with Gasteiger partial charge < -0.3 is 19.3 Å². The smallest absolute Gasteiger partial charge is 0.226 e. The number of anilines is 2. The van der Waals surface area contributed by atoms with Crippen LogP contribution in [-0.4, -0.2) is 62.2 Å². The summed E-state index contributed by atoms with van der Waals surface area (Å²) in [4.78, 5) is 18.2. The maximum atomic E-state index is 11.5. The molecule has 0 radical (unpaired) electrons. The number of nitrogens with zero attached hydrogens (tertiary/aromatic N) is 7. The molecule has 0 N–H and O–H groups in total. The molecular weight excluding hydrogens is 566 g/mol. The third-order valence-electron chi connectivity index (χ3n) is 7.39. The van der Waals surface area contributed by atoms with Crippen LogP contribution in [0.4, 0.5) is 11.6 Å². The van der Waals surface area contributed by atoms with Crippen LogP contribution >= 0.6 is 0 Å². The van der Waals surface area contributed by atoms with E-state index in [1.165, 1.54) is 38.1 Å². The molecule has 0 unspecified atom stereocenters. The molecule has 11 nitrogen and oxygen atoms in total. The lowest BCUT2D eigenvalue weighted by atomic mass is 10.1. The van der Waals surface area contributed by atoms with Crippen molar-refractivity contribution in [2.75, 3.05) is 48.6 Å². The highest BCUT2D eigenvalue weighted by Gasteiger charge is 2.23. The van der Waals surface area contributed by atoms with Gasteiger partial charge in [-0.3, -0.25) is 0 Å². The Hall–Kier alpha value is -4.42. The van der Waals surface area contributed by atoms with Crippen LogP contribution in [-0.2, 0) is 22.9 Å². The highest BCUT2D eigenvalue weighted by Crippen LogP contribution is 2.31. The normalized spacial score (nSPS) is 13.2. The average Bonchev–Trinajstić information content (AvgIpc) is 3.52. The van der Waals surface area contributed by atoms with Gasteiger partial charge in [-0.05, 0) is 55.5 Å². The third kappa shape index (κ3) is 9.03. The molecule has 1 aromatic carbocycles. The van der Waals surface area contributed by atoms with Crippen molar-refractivity contribution in [3.63, 3.8) is 0 Å². The van der Waals surface area contributed by atoms with Crippen LogP contribution in [0.3, 0.4) is 0 Å². The number of aromatic nitrogens is 3. The number of nitriles is 2. The Morgan fingerprint density at radius 1 is 1.00 bits per heavy atom. The lowest BCUT2D eigenvalue weighted by Crippen LogP contribution is -2.31. The van der Waals surface area contributed by atoms with Crippen LogP contribution in [0.5, 0.6) is 11.6 Å². The van der Waals surface area contributed by atoms with E-state index in [2.05, 4.69) is 33.9 Å². The topological polar surface area (TPSA) is 145 Å². The first kappa shape index (κ1) is 31.5. The summed E-state index contributed by atoms with van der Waals surface area (Å²) in [6.07, 6.45) is 9.14. The Kier molecular flexibility index (Phi) is 10.7. The van der Waals surface area contributed by atoms with Crippen LogP contribution < -0.4 is 19.3 Å². The minimum absolute atomic E-state index is 0.00587. The zero-order valence-corrected chi connectivity index (χ0v) is 25.7. The molecule has 1 aliphatic carbocycles. The summed E-state index contributed by atoms with van der Waals surface area (Å²) >= 11 is 0.